The minimum absolute atomic E-state index is 0.585. The standard InChI is InChI=1S/C18H17N3S2/c1-3-9-19-18-21(20-11-15-8-10-22-12-15)17(13-23-18)16-6-4-14(2)5-7-16/h3-8,10-13H,1,9H2,2H3. The van der Waals surface area contributed by atoms with Crippen molar-refractivity contribution in [3.63, 3.8) is 0 Å². The zero-order valence-corrected chi connectivity index (χ0v) is 14.5. The topological polar surface area (TPSA) is 29.6 Å². The molecule has 0 atom stereocenters. The molecule has 3 rings (SSSR count). The molecule has 0 amide bonds. The van der Waals surface area contributed by atoms with E-state index in [1.807, 2.05) is 22.3 Å². The van der Waals surface area contributed by atoms with Gasteiger partial charge in [-0.2, -0.15) is 16.4 Å². The molecule has 0 unspecified atom stereocenters. The minimum Gasteiger partial charge on any atom is -0.253 e. The molecule has 2 aromatic heterocycles. The van der Waals surface area contributed by atoms with Crippen molar-refractivity contribution in [1.82, 2.24) is 4.68 Å². The second-order valence-electron chi connectivity index (χ2n) is 5.01. The number of hydrogen-bond acceptors (Lipinski definition) is 4. The van der Waals surface area contributed by atoms with Gasteiger partial charge in [-0.15, -0.1) is 17.9 Å². The largest absolute Gasteiger partial charge is 0.253 e. The van der Waals surface area contributed by atoms with E-state index >= 15 is 0 Å². The fourth-order valence-corrected chi connectivity index (χ4v) is 3.52. The fraction of sp³-hybridized carbons (Fsp3) is 0.111. The molecule has 5 heteroatoms. The van der Waals surface area contributed by atoms with Crippen LogP contribution in [0, 0.1) is 6.92 Å². The first-order valence-electron chi connectivity index (χ1n) is 7.23. The Hall–Kier alpha value is -2.24. The average molecular weight is 339 g/mol. The number of aromatic nitrogens is 1. The van der Waals surface area contributed by atoms with Gasteiger partial charge in [0, 0.05) is 16.5 Å². The first-order chi connectivity index (χ1) is 11.3. The van der Waals surface area contributed by atoms with Gasteiger partial charge in [-0.1, -0.05) is 35.9 Å². The van der Waals surface area contributed by atoms with Gasteiger partial charge in [0.2, 0.25) is 4.80 Å². The Labute approximate surface area is 143 Å². The number of nitrogens with zero attached hydrogens (tertiary/aromatic N) is 3. The molecule has 0 aliphatic heterocycles. The van der Waals surface area contributed by atoms with Crippen LogP contribution in [-0.4, -0.2) is 17.4 Å². The first-order valence-corrected chi connectivity index (χ1v) is 9.05. The fourth-order valence-electron chi connectivity index (χ4n) is 2.06. The van der Waals surface area contributed by atoms with Crippen LogP contribution in [0.1, 0.15) is 11.1 Å². The van der Waals surface area contributed by atoms with E-state index in [4.69, 9.17) is 0 Å². The highest BCUT2D eigenvalue weighted by atomic mass is 32.1. The van der Waals surface area contributed by atoms with E-state index in [-0.39, 0.29) is 0 Å². The average Bonchev–Trinajstić information content (AvgIpc) is 3.21. The monoisotopic (exact) mass is 339 g/mol. The highest BCUT2D eigenvalue weighted by Gasteiger charge is 2.07. The van der Waals surface area contributed by atoms with Crippen LogP contribution in [0.4, 0.5) is 0 Å². The van der Waals surface area contributed by atoms with Gasteiger partial charge < -0.3 is 0 Å². The van der Waals surface area contributed by atoms with E-state index in [1.165, 1.54) is 5.56 Å². The van der Waals surface area contributed by atoms with Gasteiger partial charge in [0.25, 0.3) is 0 Å². The zero-order chi connectivity index (χ0) is 16.1. The number of thiophene rings is 1. The molecule has 3 nitrogen and oxygen atoms in total. The third-order valence-electron chi connectivity index (χ3n) is 3.25. The maximum atomic E-state index is 4.64. The zero-order valence-electron chi connectivity index (χ0n) is 12.8. The molecule has 0 saturated carbocycles. The molecule has 0 aliphatic carbocycles. The third-order valence-corrected chi connectivity index (χ3v) is 4.81. The molecule has 0 fully saturated rings. The number of thiazole rings is 1. The number of benzene rings is 1. The van der Waals surface area contributed by atoms with Crippen molar-refractivity contribution in [2.75, 3.05) is 6.54 Å². The van der Waals surface area contributed by atoms with E-state index < -0.39 is 0 Å². The lowest BCUT2D eigenvalue weighted by molar-refractivity contribution is 0.840. The Morgan fingerprint density at radius 3 is 2.70 bits per heavy atom. The van der Waals surface area contributed by atoms with Crippen molar-refractivity contribution in [3.05, 3.63) is 75.1 Å². The number of aryl methyl sites for hydroxylation is 1. The van der Waals surface area contributed by atoms with Gasteiger partial charge in [0.05, 0.1) is 18.5 Å². The summed E-state index contributed by atoms with van der Waals surface area (Å²) in [7, 11) is 0. The summed E-state index contributed by atoms with van der Waals surface area (Å²) in [6.07, 6.45) is 3.66. The van der Waals surface area contributed by atoms with E-state index in [1.54, 1.807) is 28.7 Å². The molecule has 0 radical (unpaired) electrons. The summed E-state index contributed by atoms with van der Waals surface area (Å²) in [4.78, 5) is 5.41. The van der Waals surface area contributed by atoms with E-state index in [2.05, 4.69) is 58.6 Å². The summed E-state index contributed by atoms with van der Waals surface area (Å²) in [6.45, 7) is 6.40. The Morgan fingerprint density at radius 1 is 1.17 bits per heavy atom. The first kappa shape index (κ1) is 15.6. The second-order valence-corrected chi connectivity index (χ2v) is 6.63. The molecule has 1 aromatic carbocycles. The molecular formula is C18H17N3S2. The summed E-state index contributed by atoms with van der Waals surface area (Å²) >= 11 is 3.25. The van der Waals surface area contributed by atoms with Crippen LogP contribution < -0.4 is 4.80 Å². The molecule has 0 N–H and O–H groups in total. The van der Waals surface area contributed by atoms with Crippen LogP contribution in [0.5, 0.6) is 0 Å². The van der Waals surface area contributed by atoms with Gasteiger partial charge in [-0.3, -0.25) is 4.99 Å². The second kappa shape index (κ2) is 7.35. The molecule has 116 valence electrons. The smallest absolute Gasteiger partial charge is 0.206 e. The Kier molecular flexibility index (Phi) is 5.00. The quantitative estimate of drug-likeness (QED) is 0.482. The van der Waals surface area contributed by atoms with Crippen molar-refractivity contribution >= 4 is 28.9 Å². The summed E-state index contributed by atoms with van der Waals surface area (Å²) in [5.74, 6) is 0. The van der Waals surface area contributed by atoms with Gasteiger partial charge in [-0.05, 0) is 23.8 Å². The highest BCUT2D eigenvalue weighted by Crippen LogP contribution is 2.20. The molecule has 0 aliphatic rings. The molecule has 2 heterocycles. The summed E-state index contributed by atoms with van der Waals surface area (Å²) < 4.78 is 1.90. The van der Waals surface area contributed by atoms with Crippen LogP contribution in [0.3, 0.4) is 0 Å². The maximum absolute atomic E-state index is 4.64. The van der Waals surface area contributed by atoms with Gasteiger partial charge in [0.1, 0.15) is 0 Å². The van der Waals surface area contributed by atoms with E-state index in [9.17, 15) is 0 Å². The molecule has 0 bridgehead atoms. The molecule has 0 saturated heterocycles. The van der Waals surface area contributed by atoms with Crippen molar-refractivity contribution < 1.29 is 0 Å². The van der Waals surface area contributed by atoms with Crippen LogP contribution in [0.15, 0.2) is 69.2 Å². The van der Waals surface area contributed by atoms with Gasteiger partial charge >= 0.3 is 0 Å². The Bertz CT molecular complexity index is 866. The highest BCUT2D eigenvalue weighted by molar-refractivity contribution is 7.08. The number of rotatable bonds is 5. The van der Waals surface area contributed by atoms with Crippen molar-refractivity contribution in [3.8, 4) is 11.3 Å². The predicted molar refractivity (Wildman–Crippen MR) is 100 cm³/mol. The minimum atomic E-state index is 0.585. The van der Waals surface area contributed by atoms with Crippen LogP contribution >= 0.6 is 22.7 Å². The SMILES string of the molecule is C=CCN=c1scc(-c2ccc(C)cc2)n1N=Cc1ccsc1. The summed E-state index contributed by atoms with van der Waals surface area (Å²) in [5.41, 5.74) is 4.52. The van der Waals surface area contributed by atoms with Gasteiger partial charge in [-0.25, -0.2) is 4.68 Å². The van der Waals surface area contributed by atoms with Crippen molar-refractivity contribution in [2.24, 2.45) is 10.1 Å². The van der Waals surface area contributed by atoms with Crippen molar-refractivity contribution in [2.45, 2.75) is 6.92 Å². The number of hydrogen-bond donors (Lipinski definition) is 0. The predicted octanol–water partition coefficient (Wildman–Crippen LogP) is 4.56. The lowest BCUT2D eigenvalue weighted by atomic mass is 10.1. The van der Waals surface area contributed by atoms with Crippen molar-refractivity contribution in [1.29, 1.82) is 0 Å². The molecule has 0 spiro atoms. The Balaban J connectivity index is 2.07. The van der Waals surface area contributed by atoms with Crippen LogP contribution in [-0.2, 0) is 0 Å². The normalized spacial score (nSPS) is 12.1. The molecular weight excluding hydrogens is 322 g/mol. The summed E-state index contributed by atoms with van der Waals surface area (Å²) in [5, 5.41) is 10.9. The Morgan fingerprint density at radius 2 is 2.00 bits per heavy atom. The molecule has 23 heavy (non-hydrogen) atoms. The lowest BCUT2D eigenvalue weighted by Gasteiger charge is -2.03. The van der Waals surface area contributed by atoms with Crippen LogP contribution in [0.25, 0.3) is 11.3 Å². The maximum Gasteiger partial charge on any atom is 0.206 e. The van der Waals surface area contributed by atoms with Crippen LogP contribution in [0.2, 0.25) is 0 Å². The van der Waals surface area contributed by atoms with Gasteiger partial charge in [0.15, 0.2) is 0 Å². The molecule has 3 aromatic rings. The lowest BCUT2D eigenvalue weighted by Crippen LogP contribution is -2.12. The van der Waals surface area contributed by atoms with E-state index in [0.29, 0.717) is 6.54 Å². The third kappa shape index (κ3) is 3.75. The summed E-state index contributed by atoms with van der Waals surface area (Å²) in [6, 6.07) is 10.5. The van der Waals surface area contributed by atoms with E-state index in [0.717, 1.165) is 21.6 Å².